The smallest absolute Gasteiger partial charge is 0.237 e. The van der Waals surface area contributed by atoms with E-state index in [-0.39, 0.29) is 17.9 Å². The minimum atomic E-state index is -0.161. The van der Waals surface area contributed by atoms with Crippen molar-refractivity contribution in [2.24, 2.45) is 5.92 Å². The van der Waals surface area contributed by atoms with E-state index in [0.29, 0.717) is 6.54 Å². The molecule has 2 N–H and O–H groups in total. The molecule has 3 rings (SSSR count). The van der Waals surface area contributed by atoms with Crippen LogP contribution in [0.25, 0.3) is 11.1 Å². The predicted octanol–water partition coefficient (Wildman–Crippen LogP) is 5.28. The summed E-state index contributed by atoms with van der Waals surface area (Å²) in [6.45, 7) is 8.75. The van der Waals surface area contributed by atoms with Crippen LogP contribution >= 0.6 is 11.9 Å². The van der Waals surface area contributed by atoms with E-state index >= 15 is 0 Å². The number of carbonyl (C=O) groups is 1. The number of amides is 1. The number of anilines is 1. The van der Waals surface area contributed by atoms with Crippen LogP contribution in [-0.2, 0) is 11.3 Å². The van der Waals surface area contributed by atoms with Crippen LogP contribution in [0.2, 0.25) is 0 Å². The summed E-state index contributed by atoms with van der Waals surface area (Å²) in [6, 6.07) is 16.7. The van der Waals surface area contributed by atoms with Crippen molar-refractivity contribution in [2.45, 2.75) is 45.2 Å². The fourth-order valence-corrected chi connectivity index (χ4v) is 4.59. The zero-order chi connectivity index (χ0) is 23.3. The highest BCUT2D eigenvalue weighted by Gasteiger charge is 2.25. The highest BCUT2D eigenvalue weighted by atomic mass is 32.2. The Balaban J connectivity index is 1.73. The van der Waals surface area contributed by atoms with E-state index in [9.17, 15) is 4.79 Å². The molecule has 7 heteroatoms. The van der Waals surface area contributed by atoms with Crippen LogP contribution in [0.3, 0.4) is 0 Å². The molecule has 1 aromatic heterocycles. The molecule has 3 aromatic rings. The third-order valence-electron chi connectivity index (χ3n) is 5.62. The van der Waals surface area contributed by atoms with Gasteiger partial charge in [0.2, 0.25) is 5.91 Å². The lowest BCUT2D eigenvalue weighted by Crippen LogP contribution is -2.46. The van der Waals surface area contributed by atoms with Crippen LogP contribution in [0.4, 0.5) is 5.82 Å². The maximum Gasteiger partial charge on any atom is 0.237 e. The number of nitrogens with one attached hydrogen (secondary N) is 2. The van der Waals surface area contributed by atoms with Gasteiger partial charge in [-0.05, 0) is 61.5 Å². The lowest BCUT2D eigenvalue weighted by atomic mass is 10.0. The third-order valence-corrected chi connectivity index (χ3v) is 6.49. The summed E-state index contributed by atoms with van der Waals surface area (Å²) < 4.78 is 8.55. The second-order valence-corrected chi connectivity index (χ2v) is 9.18. The molecule has 1 amide bonds. The SMILES string of the molecule is CNC(=O)C(C(C)C)N(C)Cc1ccc(-c2ccccc2SNc2noc(C)c2C)cc1. The zero-order valence-corrected chi connectivity index (χ0v) is 20.4. The van der Waals surface area contributed by atoms with E-state index in [1.165, 1.54) is 17.5 Å². The maximum absolute atomic E-state index is 12.3. The molecule has 0 radical (unpaired) electrons. The van der Waals surface area contributed by atoms with Crippen molar-refractivity contribution in [2.75, 3.05) is 18.8 Å². The van der Waals surface area contributed by atoms with Crippen molar-refractivity contribution < 1.29 is 9.32 Å². The number of likely N-dealkylation sites (N-methyl/N-ethyl adjacent to an activating group) is 2. The van der Waals surface area contributed by atoms with Gasteiger partial charge in [0.1, 0.15) is 5.76 Å². The van der Waals surface area contributed by atoms with Gasteiger partial charge in [-0.1, -0.05) is 61.5 Å². The van der Waals surface area contributed by atoms with Crippen molar-refractivity contribution in [3.8, 4) is 11.1 Å². The molecule has 1 atom stereocenters. The monoisotopic (exact) mass is 452 g/mol. The Kier molecular flexibility index (Phi) is 7.99. The summed E-state index contributed by atoms with van der Waals surface area (Å²) in [5.41, 5.74) is 4.47. The average Bonchev–Trinajstić information content (AvgIpc) is 3.10. The Morgan fingerprint density at radius 1 is 1.12 bits per heavy atom. The predicted molar refractivity (Wildman–Crippen MR) is 131 cm³/mol. The minimum absolute atomic E-state index is 0.0510. The standard InChI is InChI=1S/C25H32N4O2S/c1-16(2)23(25(30)26-5)29(6)15-19-11-13-20(14-12-19)21-9-7-8-10-22(21)32-28-24-17(3)18(4)31-27-24/h7-14,16,23H,15H2,1-6H3,(H,26,30)(H,27,28). The van der Waals surface area contributed by atoms with E-state index < -0.39 is 0 Å². The van der Waals surface area contributed by atoms with Gasteiger partial charge in [-0.3, -0.25) is 9.69 Å². The van der Waals surface area contributed by atoms with Crippen molar-refractivity contribution >= 4 is 23.7 Å². The molecular formula is C25H32N4O2S. The number of aryl methyl sites for hydroxylation is 1. The summed E-state index contributed by atoms with van der Waals surface area (Å²) in [5, 5.41) is 6.86. The van der Waals surface area contributed by atoms with E-state index in [2.05, 4.69) is 70.3 Å². The fraction of sp³-hybridized carbons (Fsp3) is 0.360. The molecule has 170 valence electrons. The third kappa shape index (κ3) is 5.53. The van der Waals surface area contributed by atoms with Crippen molar-refractivity contribution in [1.82, 2.24) is 15.4 Å². The first-order valence-electron chi connectivity index (χ1n) is 10.8. The fourth-order valence-electron chi connectivity index (χ4n) is 3.75. The molecule has 0 aliphatic heterocycles. The topological polar surface area (TPSA) is 70.4 Å². The number of rotatable bonds is 9. The second-order valence-electron chi connectivity index (χ2n) is 8.33. The molecule has 0 saturated heterocycles. The highest BCUT2D eigenvalue weighted by Crippen LogP contribution is 2.33. The number of nitrogens with zero attached hydrogens (tertiary/aromatic N) is 2. The second kappa shape index (κ2) is 10.7. The molecule has 0 saturated carbocycles. The van der Waals surface area contributed by atoms with Gasteiger partial charge < -0.3 is 14.6 Å². The van der Waals surface area contributed by atoms with Crippen LogP contribution in [0.5, 0.6) is 0 Å². The van der Waals surface area contributed by atoms with Crippen LogP contribution in [0, 0.1) is 19.8 Å². The minimum Gasteiger partial charge on any atom is -0.359 e. The average molecular weight is 453 g/mol. The van der Waals surface area contributed by atoms with Gasteiger partial charge >= 0.3 is 0 Å². The number of benzene rings is 2. The van der Waals surface area contributed by atoms with Crippen LogP contribution < -0.4 is 10.0 Å². The van der Waals surface area contributed by atoms with Gasteiger partial charge in [0.05, 0.1) is 6.04 Å². The lowest BCUT2D eigenvalue weighted by molar-refractivity contribution is -0.127. The maximum atomic E-state index is 12.3. The van der Waals surface area contributed by atoms with E-state index in [0.717, 1.165) is 33.2 Å². The van der Waals surface area contributed by atoms with Gasteiger partial charge in [-0.2, -0.15) is 0 Å². The summed E-state index contributed by atoms with van der Waals surface area (Å²) in [7, 11) is 3.69. The van der Waals surface area contributed by atoms with E-state index in [1.807, 2.05) is 33.0 Å². The van der Waals surface area contributed by atoms with Crippen molar-refractivity contribution in [1.29, 1.82) is 0 Å². The lowest BCUT2D eigenvalue weighted by Gasteiger charge is -2.29. The van der Waals surface area contributed by atoms with Gasteiger partial charge in [-0.15, -0.1) is 0 Å². The Morgan fingerprint density at radius 2 is 1.81 bits per heavy atom. The first-order valence-corrected chi connectivity index (χ1v) is 11.6. The van der Waals surface area contributed by atoms with E-state index in [4.69, 9.17) is 4.52 Å². The summed E-state index contributed by atoms with van der Waals surface area (Å²) in [6.07, 6.45) is 0. The van der Waals surface area contributed by atoms with Gasteiger partial charge in [0.15, 0.2) is 5.82 Å². The highest BCUT2D eigenvalue weighted by molar-refractivity contribution is 8.00. The number of hydrogen-bond donors (Lipinski definition) is 2. The Labute approximate surface area is 194 Å². The molecule has 1 unspecified atom stereocenters. The zero-order valence-electron chi connectivity index (χ0n) is 19.6. The molecule has 0 bridgehead atoms. The molecule has 0 spiro atoms. The first-order chi connectivity index (χ1) is 15.3. The molecule has 0 fully saturated rings. The van der Waals surface area contributed by atoms with E-state index in [1.54, 1.807) is 7.05 Å². The molecule has 0 aliphatic carbocycles. The number of hydrogen-bond acceptors (Lipinski definition) is 6. The Bertz CT molecular complexity index is 1050. The van der Waals surface area contributed by atoms with Gasteiger partial charge in [-0.25, -0.2) is 0 Å². The molecule has 32 heavy (non-hydrogen) atoms. The quantitative estimate of drug-likeness (QED) is 0.431. The Morgan fingerprint density at radius 3 is 2.41 bits per heavy atom. The van der Waals surface area contributed by atoms with Crippen molar-refractivity contribution in [3.63, 3.8) is 0 Å². The Hall–Kier alpha value is -2.77. The molecule has 2 aromatic carbocycles. The van der Waals surface area contributed by atoms with Crippen molar-refractivity contribution in [3.05, 3.63) is 65.4 Å². The van der Waals surface area contributed by atoms with Gasteiger partial charge in [0.25, 0.3) is 0 Å². The van der Waals surface area contributed by atoms with Crippen LogP contribution in [0.15, 0.2) is 57.9 Å². The first kappa shape index (κ1) is 23.9. The molecular weight excluding hydrogens is 420 g/mol. The summed E-state index contributed by atoms with van der Waals surface area (Å²) in [5.74, 6) is 1.84. The molecule has 0 aliphatic rings. The molecule has 1 heterocycles. The van der Waals surface area contributed by atoms with Gasteiger partial charge in [0, 0.05) is 24.1 Å². The largest absolute Gasteiger partial charge is 0.359 e. The summed E-state index contributed by atoms with van der Waals surface area (Å²) in [4.78, 5) is 15.5. The van der Waals surface area contributed by atoms with Crippen LogP contribution in [0.1, 0.15) is 30.7 Å². The molecule has 6 nitrogen and oxygen atoms in total. The van der Waals surface area contributed by atoms with Crippen LogP contribution in [-0.4, -0.2) is 36.1 Å². The number of aromatic nitrogens is 1. The summed E-state index contributed by atoms with van der Waals surface area (Å²) >= 11 is 1.52. The normalized spacial score (nSPS) is 12.2. The number of carbonyl (C=O) groups excluding carboxylic acids is 1.